The predicted octanol–water partition coefficient (Wildman–Crippen LogP) is 3.76. The summed E-state index contributed by atoms with van der Waals surface area (Å²) in [5.41, 5.74) is 2.77. The molecule has 0 aliphatic heterocycles. The Kier molecular flexibility index (Phi) is 5.66. The summed E-state index contributed by atoms with van der Waals surface area (Å²) in [4.78, 5) is 18.6. The number of ether oxygens (including phenoxy) is 1. The monoisotopic (exact) mass is 367 g/mol. The second-order valence-corrected chi connectivity index (χ2v) is 6.46. The van der Waals surface area contributed by atoms with Crippen LogP contribution in [0.3, 0.4) is 0 Å². The van der Waals surface area contributed by atoms with Gasteiger partial charge < -0.3 is 10.1 Å². The minimum atomic E-state index is -0.335. The lowest BCUT2D eigenvalue weighted by atomic mass is 10.1. The number of rotatable bonds is 6. The number of nitrogens with one attached hydrogen (secondary N) is 1. The van der Waals surface area contributed by atoms with Gasteiger partial charge in [-0.15, -0.1) is 0 Å². The number of aromatic nitrogens is 1. The molecule has 0 spiro atoms. The fourth-order valence-corrected chi connectivity index (χ4v) is 3.03. The minimum Gasteiger partial charge on any atom is -0.494 e. The molecule has 1 N–H and O–H groups in total. The van der Waals surface area contributed by atoms with Crippen LogP contribution in [0.5, 0.6) is 5.75 Å². The first kappa shape index (κ1) is 18.8. The number of amides is 1. The van der Waals surface area contributed by atoms with Gasteiger partial charge in [-0.2, -0.15) is 0 Å². The smallest absolute Gasteiger partial charge is 0.238 e. The number of carbonyl (C=O) groups is 1. The van der Waals surface area contributed by atoms with Crippen molar-refractivity contribution in [2.24, 2.45) is 0 Å². The molecule has 1 heterocycles. The SMILES string of the molecule is COc1ccc(CN(C)CC(=O)Nc2cccc(F)c2C)c2cccnc12. The number of nitrogens with zero attached hydrogens (tertiary/aromatic N) is 2. The van der Waals surface area contributed by atoms with Crippen molar-refractivity contribution >= 4 is 22.5 Å². The summed E-state index contributed by atoms with van der Waals surface area (Å²) in [5.74, 6) is 0.192. The lowest BCUT2D eigenvalue weighted by molar-refractivity contribution is -0.117. The maximum Gasteiger partial charge on any atom is 0.238 e. The van der Waals surface area contributed by atoms with E-state index in [9.17, 15) is 9.18 Å². The molecule has 6 heteroatoms. The van der Waals surface area contributed by atoms with Crippen molar-refractivity contribution in [2.75, 3.05) is 26.0 Å². The second-order valence-electron chi connectivity index (χ2n) is 6.46. The van der Waals surface area contributed by atoms with Gasteiger partial charge >= 0.3 is 0 Å². The van der Waals surface area contributed by atoms with E-state index in [4.69, 9.17) is 4.74 Å². The van der Waals surface area contributed by atoms with Gasteiger partial charge in [-0.05, 0) is 43.8 Å². The molecule has 3 rings (SSSR count). The molecule has 3 aromatic rings. The zero-order valence-electron chi connectivity index (χ0n) is 15.6. The highest BCUT2D eigenvalue weighted by Gasteiger charge is 2.13. The number of carbonyl (C=O) groups excluding carboxylic acids is 1. The second kappa shape index (κ2) is 8.14. The van der Waals surface area contributed by atoms with Crippen LogP contribution in [0.2, 0.25) is 0 Å². The van der Waals surface area contributed by atoms with E-state index in [1.807, 2.05) is 36.2 Å². The van der Waals surface area contributed by atoms with Crippen LogP contribution in [-0.2, 0) is 11.3 Å². The van der Waals surface area contributed by atoms with Crippen LogP contribution in [0, 0.1) is 12.7 Å². The lowest BCUT2D eigenvalue weighted by Gasteiger charge is -2.18. The van der Waals surface area contributed by atoms with Crippen molar-refractivity contribution in [2.45, 2.75) is 13.5 Å². The van der Waals surface area contributed by atoms with Crippen molar-refractivity contribution in [3.63, 3.8) is 0 Å². The zero-order valence-corrected chi connectivity index (χ0v) is 15.6. The first-order valence-electron chi connectivity index (χ1n) is 8.63. The average Bonchev–Trinajstić information content (AvgIpc) is 2.65. The summed E-state index contributed by atoms with van der Waals surface area (Å²) < 4.78 is 19.0. The first-order valence-corrected chi connectivity index (χ1v) is 8.63. The Balaban J connectivity index is 1.71. The molecular weight excluding hydrogens is 345 g/mol. The van der Waals surface area contributed by atoms with Gasteiger partial charge in [0.25, 0.3) is 0 Å². The van der Waals surface area contributed by atoms with Gasteiger partial charge in [0.15, 0.2) is 0 Å². The van der Waals surface area contributed by atoms with Gasteiger partial charge in [0, 0.05) is 29.4 Å². The molecule has 0 aliphatic carbocycles. The molecular formula is C21H22FN3O2. The molecule has 0 atom stereocenters. The van der Waals surface area contributed by atoms with E-state index in [-0.39, 0.29) is 18.3 Å². The van der Waals surface area contributed by atoms with Crippen LogP contribution < -0.4 is 10.1 Å². The zero-order chi connectivity index (χ0) is 19.4. The molecule has 0 unspecified atom stereocenters. The quantitative estimate of drug-likeness (QED) is 0.721. The number of hydrogen-bond acceptors (Lipinski definition) is 4. The van der Waals surface area contributed by atoms with Crippen LogP contribution in [0.15, 0.2) is 48.7 Å². The van der Waals surface area contributed by atoms with Gasteiger partial charge in [0.1, 0.15) is 17.1 Å². The van der Waals surface area contributed by atoms with E-state index >= 15 is 0 Å². The Morgan fingerprint density at radius 3 is 2.81 bits per heavy atom. The number of fused-ring (bicyclic) bond motifs is 1. The molecule has 2 aromatic carbocycles. The van der Waals surface area contributed by atoms with Crippen molar-refractivity contribution in [3.8, 4) is 5.75 Å². The van der Waals surface area contributed by atoms with E-state index in [0.717, 1.165) is 22.2 Å². The van der Waals surface area contributed by atoms with Gasteiger partial charge in [-0.3, -0.25) is 14.7 Å². The highest BCUT2D eigenvalue weighted by atomic mass is 19.1. The van der Waals surface area contributed by atoms with E-state index in [2.05, 4.69) is 10.3 Å². The molecule has 1 amide bonds. The molecule has 0 saturated carbocycles. The molecule has 5 nitrogen and oxygen atoms in total. The molecule has 140 valence electrons. The third-order valence-corrected chi connectivity index (χ3v) is 4.44. The largest absolute Gasteiger partial charge is 0.494 e. The van der Waals surface area contributed by atoms with Gasteiger partial charge in [-0.25, -0.2) is 4.39 Å². The van der Waals surface area contributed by atoms with E-state index in [1.54, 1.807) is 32.4 Å². The number of hydrogen-bond donors (Lipinski definition) is 1. The molecule has 0 saturated heterocycles. The average molecular weight is 367 g/mol. The molecule has 0 fully saturated rings. The minimum absolute atomic E-state index is 0.184. The van der Waals surface area contributed by atoms with Crippen molar-refractivity contribution in [1.82, 2.24) is 9.88 Å². The maximum absolute atomic E-state index is 13.6. The number of halogens is 1. The third-order valence-electron chi connectivity index (χ3n) is 4.44. The predicted molar refractivity (Wildman–Crippen MR) is 104 cm³/mol. The van der Waals surface area contributed by atoms with E-state index in [1.165, 1.54) is 6.07 Å². The summed E-state index contributed by atoms with van der Waals surface area (Å²) in [7, 11) is 3.48. The summed E-state index contributed by atoms with van der Waals surface area (Å²) in [6, 6.07) is 12.4. The summed E-state index contributed by atoms with van der Waals surface area (Å²) in [6.07, 6.45) is 1.73. The Morgan fingerprint density at radius 2 is 2.04 bits per heavy atom. The van der Waals surface area contributed by atoms with Crippen LogP contribution in [0.25, 0.3) is 10.9 Å². The maximum atomic E-state index is 13.6. The third kappa shape index (κ3) is 4.23. The fourth-order valence-electron chi connectivity index (χ4n) is 3.03. The normalized spacial score (nSPS) is 11.0. The van der Waals surface area contributed by atoms with Crippen LogP contribution in [-0.4, -0.2) is 36.5 Å². The summed E-state index contributed by atoms with van der Waals surface area (Å²) in [5, 5.41) is 3.76. The Morgan fingerprint density at radius 1 is 1.22 bits per heavy atom. The molecule has 0 radical (unpaired) electrons. The summed E-state index contributed by atoms with van der Waals surface area (Å²) >= 11 is 0. The topological polar surface area (TPSA) is 54.5 Å². The number of pyridine rings is 1. The Labute approximate surface area is 157 Å². The van der Waals surface area contributed by atoms with E-state index < -0.39 is 0 Å². The molecule has 0 bridgehead atoms. The van der Waals surface area contributed by atoms with Crippen molar-refractivity contribution in [1.29, 1.82) is 0 Å². The lowest BCUT2D eigenvalue weighted by Crippen LogP contribution is -2.30. The van der Waals surface area contributed by atoms with Crippen LogP contribution in [0.4, 0.5) is 10.1 Å². The van der Waals surface area contributed by atoms with Gasteiger partial charge in [-0.1, -0.05) is 18.2 Å². The fraction of sp³-hybridized carbons (Fsp3) is 0.238. The van der Waals surface area contributed by atoms with Gasteiger partial charge in [0.2, 0.25) is 5.91 Å². The van der Waals surface area contributed by atoms with Crippen LogP contribution in [0.1, 0.15) is 11.1 Å². The number of likely N-dealkylation sites (N-methyl/N-ethyl adjacent to an activating group) is 1. The number of benzene rings is 2. The van der Waals surface area contributed by atoms with Crippen LogP contribution >= 0.6 is 0 Å². The van der Waals surface area contributed by atoms with Crippen molar-refractivity contribution in [3.05, 3.63) is 65.6 Å². The molecule has 1 aromatic heterocycles. The Hall–Kier alpha value is -2.99. The number of methoxy groups -OCH3 is 1. The summed E-state index contributed by atoms with van der Waals surface area (Å²) in [6.45, 7) is 2.40. The Bertz CT molecular complexity index is 975. The van der Waals surface area contributed by atoms with E-state index in [0.29, 0.717) is 17.8 Å². The van der Waals surface area contributed by atoms with Crippen molar-refractivity contribution < 1.29 is 13.9 Å². The number of anilines is 1. The first-order chi connectivity index (χ1) is 13.0. The highest BCUT2D eigenvalue weighted by molar-refractivity contribution is 5.93. The van der Waals surface area contributed by atoms with Gasteiger partial charge in [0.05, 0.1) is 13.7 Å². The standard InChI is InChI=1S/C21H22FN3O2/c1-14-17(22)7-4-8-18(14)24-20(26)13-25(2)12-15-9-10-19(27-3)21-16(15)6-5-11-23-21/h4-11H,12-13H2,1-3H3,(H,24,26). The molecule has 27 heavy (non-hydrogen) atoms. The molecule has 0 aliphatic rings. The highest BCUT2D eigenvalue weighted by Crippen LogP contribution is 2.27.